The van der Waals surface area contributed by atoms with Crippen LogP contribution in [0.4, 0.5) is 0 Å². The van der Waals surface area contributed by atoms with Crippen molar-refractivity contribution < 1.29 is 67.7 Å². The molecular weight excluding hydrogens is 1290 g/mol. The summed E-state index contributed by atoms with van der Waals surface area (Å²) in [5.41, 5.74) is 23.3. The average Bonchev–Trinajstić information content (AvgIpc) is 1.47. The summed E-state index contributed by atoms with van der Waals surface area (Å²) in [5.74, 6) is 7.07. The van der Waals surface area contributed by atoms with Crippen LogP contribution >= 0.6 is 0 Å². The Hall–Kier alpha value is -3.13. The molecule has 0 aromatic rings. The highest BCUT2D eigenvalue weighted by Crippen LogP contribution is 2.74. The summed E-state index contributed by atoms with van der Waals surface area (Å²) >= 11 is 0. The maximum absolute atomic E-state index is 11.8. The lowest BCUT2D eigenvalue weighted by Gasteiger charge is -2.63. The Kier molecular flexibility index (Phi) is 23.8. The van der Waals surface area contributed by atoms with Crippen LogP contribution in [0.3, 0.4) is 0 Å². The molecule has 12 saturated carbocycles. The standard InChI is InChI=1S/C28H45N3O4.C28H47NO4.C25H43NO4.C2H4O2/c1-16(7-10-22(32)33-6)18-8-9-19-23-20(12-14-27(18,19)4)28(5)13-11-17(30-31-29)15-21(28)24-25(23)35-26(2,3)34-24;1-16(7-10-22(30)31-6)18-8-9-19-23-20(12-14-27(18,19)4)28(5)13-11-17(29)15-21(28)24-25(23)33-26(2,3)32-24;1-14(5-8-20(27)30-4)16-6-7-17-21-18(10-12-24(16,17)2)25(3)11-9-15(26)13-19(25)22(28)23(21)29;1-2(3)4/h16-21,23-25H,7-15H2,1-6H3;16-21,23-25H,7-15,29H2,1-6H3;14-19,21-23,28-29H,5-13,26H2,1-4H3;1H3,(H,3,4)/t2*16-,17+,18-,19?,20?,21?,23?,24-,25-,27-,28-;14-,15+,16-,17?,18?,19?,21?,22-,23-,24-,25-;/m111./s1. The van der Waals surface area contributed by atoms with E-state index in [-0.39, 0.29) is 87.9 Å². The number of carboxylic acids is 1. The van der Waals surface area contributed by atoms with Crippen LogP contribution in [0.25, 0.3) is 10.4 Å². The van der Waals surface area contributed by atoms with E-state index in [0.717, 1.165) is 90.4 Å². The minimum atomic E-state index is -0.833. The third-order valence-corrected chi connectivity index (χ3v) is 33.5. The van der Waals surface area contributed by atoms with Crippen LogP contribution in [-0.4, -0.2) is 127 Å². The number of hydrogen-bond acceptors (Lipinski definition) is 16. The first-order chi connectivity index (χ1) is 47.9. The smallest absolute Gasteiger partial charge is 0.305 e. The Morgan fingerprint density at radius 1 is 0.441 bits per heavy atom. The summed E-state index contributed by atoms with van der Waals surface area (Å²) in [5, 5.41) is 34.1. The molecule has 2 aliphatic heterocycles. The van der Waals surface area contributed by atoms with Gasteiger partial charge in [-0.05, 0) is 326 Å². The zero-order valence-electron chi connectivity index (χ0n) is 66.0. The Morgan fingerprint density at radius 2 is 0.745 bits per heavy atom. The molecule has 12 unspecified atom stereocenters. The lowest BCUT2D eigenvalue weighted by atomic mass is 9.43. The van der Waals surface area contributed by atoms with Gasteiger partial charge in [-0.3, -0.25) is 19.2 Å². The number of carbonyl (C=O) groups excluding carboxylic acids is 3. The van der Waals surface area contributed by atoms with Crippen LogP contribution < -0.4 is 11.5 Å². The molecule has 0 aromatic carbocycles. The van der Waals surface area contributed by atoms with E-state index in [9.17, 15) is 24.6 Å². The van der Waals surface area contributed by atoms with Crippen molar-refractivity contribution in [1.82, 2.24) is 0 Å². The topological polar surface area (TPSA) is 294 Å². The molecule has 14 fully saturated rings. The first-order valence-corrected chi connectivity index (χ1v) is 40.9. The zero-order chi connectivity index (χ0) is 74.4. The third-order valence-electron chi connectivity index (χ3n) is 33.5. The molecule has 19 heteroatoms. The van der Waals surface area contributed by atoms with Gasteiger partial charge in [-0.1, -0.05) is 67.4 Å². The number of ether oxygens (including phenoxy) is 7. The van der Waals surface area contributed by atoms with E-state index in [1.165, 1.54) is 92.0 Å². The van der Waals surface area contributed by atoms with Crippen molar-refractivity contribution in [2.45, 2.75) is 337 Å². The number of nitrogens with zero attached hydrogens (tertiary/aromatic N) is 3. The molecule has 19 nitrogen and oxygen atoms in total. The van der Waals surface area contributed by atoms with Crippen molar-refractivity contribution in [3.8, 4) is 0 Å². The van der Waals surface area contributed by atoms with Gasteiger partial charge in [0.2, 0.25) is 0 Å². The third kappa shape index (κ3) is 14.5. The van der Waals surface area contributed by atoms with Crippen molar-refractivity contribution in [1.29, 1.82) is 0 Å². The highest BCUT2D eigenvalue weighted by Gasteiger charge is 2.72. The number of fused-ring (bicyclic) bond motifs is 21. The van der Waals surface area contributed by atoms with Gasteiger partial charge < -0.3 is 59.9 Å². The highest BCUT2D eigenvalue weighted by molar-refractivity contribution is 5.69. The second kappa shape index (κ2) is 30.4. The number of azide groups is 1. The van der Waals surface area contributed by atoms with Crippen LogP contribution in [0, 0.1) is 139 Å². The molecule has 0 amide bonds. The summed E-state index contributed by atoms with van der Waals surface area (Å²) in [4.78, 5) is 47.4. The van der Waals surface area contributed by atoms with Crippen LogP contribution in [0.1, 0.15) is 270 Å². The fraction of sp³-hybridized carbons (Fsp3) is 0.952. The van der Waals surface area contributed by atoms with Crippen molar-refractivity contribution >= 4 is 23.9 Å². The molecule has 102 heavy (non-hydrogen) atoms. The number of nitrogens with two attached hydrogens (primary N) is 2. The van der Waals surface area contributed by atoms with Gasteiger partial charge in [0.25, 0.3) is 5.97 Å². The number of esters is 3. The molecule has 33 atom stereocenters. The molecule has 0 spiro atoms. The van der Waals surface area contributed by atoms with Crippen LogP contribution in [0.2, 0.25) is 0 Å². The number of aliphatic hydroxyl groups is 2. The van der Waals surface area contributed by atoms with Gasteiger partial charge in [0.1, 0.15) is 0 Å². The molecule has 14 aliphatic rings. The van der Waals surface area contributed by atoms with Gasteiger partial charge in [-0.15, -0.1) is 0 Å². The number of rotatable bonds is 13. The molecule has 0 aromatic heterocycles. The van der Waals surface area contributed by atoms with Crippen LogP contribution in [-0.2, 0) is 52.3 Å². The van der Waals surface area contributed by atoms with Gasteiger partial charge >= 0.3 is 17.9 Å². The molecule has 0 bridgehead atoms. The Labute approximate surface area is 612 Å². The highest BCUT2D eigenvalue weighted by atomic mass is 16.8. The predicted octanol–water partition coefficient (Wildman–Crippen LogP) is 15.5. The number of carboxylic acid groups (broad SMARTS) is 1. The molecule has 12 aliphatic carbocycles. The van der Waals surface area contributed by atoms with Gasteiger partial charge in [-0.25, -0.2) is 0 Å². The summed E-state index contributed by atoms with van der Waals surface area (Å²) in [6.45, 7) is 31.5. The molecule has 0 radical (unpaired) electrons. The summed E-state index contributed by atoms with van der Waals surface area (Å²) in [6, 6.07) is 0.526. The molecule has 7 N–H and O–H groups in total. The Bertz CT molecular complexity index is 3020. The molecular formula is C83H139N5O14. The SMILES string of the molecule is CC(=O)O.COC(=O)CC[C@@H](C)[C@H]1CCC2C3C(CC[C@@]21C)[C@@]1(C)CC[C@H](N)CC1[C@@H](O)[C@@H]3O.COC(=O)CC[C@@H](C)[C@H]1CCC2C3C(CC[C@@]21C)[C@@]1(C)CC[C@H](N)CC1[C@H]1OC(C)(C)O[C@H]31.COC(=O)CC[C@@H](C)[C@H]1CCC2C3C(CC[C@@]21C)[C@@]1(C)CC[C@H](N=[N+]=[N-])CC1[C@H]1OC(C)(C)O[C@H]31. The fourth-order valence-electron chi connectivity index (χ4n) is 28.7. The average molecular weight is 1430 g/mol. The van der Waals surface area contributed by atoms with Crippen molar-refractivity contribution in [2.75, 3.05) is 21.3 Å². The van der Waals surface area contributed by atoms with Crippen LogP contribution in [0.15, 0.2) is 5.11 Å². The first kappa shape index (κ1) is 79.9. The number of hydrogen-bond donors (Lipinski definition) is 5. The second-order valence-electron chi connectivity index (χ2n) is 39.0. The summed E-state index contributed by atoms with van der Waals surface area (Å²) < 4.78 is 41.6. The van der Waals surface area contributed by atoms with Crippen molar-refractivity contribution in [2.24, 2.45) is 156 Å². The summed E-state index contributed by atoms with van der Waals surface area (Å²) in [7, 11) is 4.45. The van der Waals surface area contributed by atoms with E-state index in [0.29, 0.717) is 131 Å². The number of aliphatic hydroxyl groups excluding tert-OH is 2. The zero-order valence-corrected chi connectivity index (χ0v) is 66.0. The van der Waals surface area contributed by atoms with Gasteiger partial charge in [-0.2, -0.15) is 0 Å². The quantitative estimate of drug-likeness (QED) is 0.0376. The lowest BCUT2D eigenvalue weighted by molar-refractivity contribution is -0.216. The van der Waals surface area contributed by atoms with Crippen molar-refractivity contribution in [3.63, 3.8) is 0 Å². The molecule has 2 saturated heterocycles. The van der Waals surface area contributed by atoms with E-state index in [1.807, 2.05) is 0 Å². The Balaban J connectivity index is 0.000000150. The first-order valence-electron chi connectivity index (χ1n) is 40.9. The number of carbonyl (C=O) groups is 4. The predicted molar refractivity (Wildman–Crippen MR) is 391 cm³/mol. The maximum Gasteiger partial charge on any atom is 0.305 e. The van der Waals surface area contributed by atoms with Gasteiger partial charge in [0, 0.05) is 49.2 Å². The number of methoxy groups -OCH3 is 3. The lowest BCUT2D eigenvalue weighted by Crippen LogP contribution is -2.64. The molecule has 14 rings (SSSR count). The monoisotopic (exact) mass is 1430 g/mol. The van der Waals surface area contributed by atoms with Crippen LogP contribution in [0.5, 0.6) is 0 Å². The van der Waals surface area contributed by atoms with Gasteiger partial charge in [0.15, 0.2) is 11.6 Å². The Morgan fingerprint density at radius 3 is 1.12 bits per heavy atom. The van der Waals surface area contributed by atoms with E-state index >= 15 is 0 Å². The van der Waals surface area contributed by atoms with E-state index in [4.69, 9.17) is 60.1 Å². The van der Waals surface area contributed by atoms with E-state index in [1.54, 1.807) is 0 Å². The van der Waals surface area contributed by atoms with Gasteiger partial charge in [0.05, 0.1) is 58.0 Å². The summed E-state index contributed by atoms with van der Waals surface area (Å²) in [6.07, 6.45) is 27.8. The molecule has 2 heterocycles. The van der Waals surface area contributed by atoms with Crippen molar-refractivity contribution in [3.05, 3.63) is 10.4 Å². The fourth-order valence-corrected chi connectivity index (χ4v) is 28.7. The minimum Gasteiger partial charge on any atom is -0.481 e. The second-order valence-corrected chi connectivity index (χ2v) is 39.0. The molecule has 580 valence electrons. The normalized spacial score (nSPS) is 48.6. The minimum absolute atomic E-state index is 0.0722. The van der Waals surface area contributed by atoms with E-state index < -0.39 is 29.8 Å². The maximum atomic E-state index is 11.8. The largest absolute Gasteiger partial charge is 0.481 e. The van der Waals surface area contributed by atoms with E-state index in [2.05, 4.69) is 100 Å². The number of aliphatic carboxylic acids is 1.